The normalized spacial score (nSPS) is 20.1. The number of rotatable bonds is 3. The van der Waals surface area contributed by atoms with Gasteiger partial charge in [-0.2, -0.15) is 0 Å². The van der Waals surface area contributed by atoms with Gasteiger partial charge in [-0.25, -0.2) is 0 Å². The zero-order valence-electron chi connectivity index (χ0n) is 6.88. The number of hydrogen-bond acceptors (Lipinski definition) is 2. The van der Waals surface area contributed by atoms with Crippen LogP contribution in [0.15, 0.2) is 12.2 Å². The van der Waals surface area contributed by atoms with Gasteiger partial charge in [-0.3, -0.25) is 0 Å². The lowest BCUT2D eigenvalue weighted by Crippen LogP contribution is -2.17. The number of aliphatic hydroxyl groups is 1. The van der Waals surface area contributed by atoms with Gasteiger partial charge in [0.2, 0.25) is 0 Å². The summed E-state index contributed by atoms with van der Waals surface area (Å²) in [7, 11) is 0. The Morgan fingerprint density at radius 2 is 2.09 bits per heavy atom. The van der Waals surface area contributed by atoms with E-state index in [0.29, 0.717) is 5.92 Å². The molecule has 1 rings (SSSR count). The van der Waals surface area contributed by atoms with E-state index in [9.17, 15) is 0 Å². The molecular weight excluding hydrogens is 140 g/mol. The molecule has 0 aromatic heterocycles. The lowest BCUT2D eigenvalue weighted by Gasteiger charge is -2.23. The van der Waals surface area contributed by atoms with Crippen molar-refractivity contribution in [1.29, 1.82) is 0 Å². The van der Waals surface area contributed by atoms with Crippen LogP contribution in [0.3, 0.4) is 0 Å². The predicted octanol–water partition coefficient (Wildman–Crippen LogP) is 1.35. The Labute approximate surface area is 67.9 Å². The van der Waals surface area contributed by atoms with E-state index in [0.717, 1.165) is 32.5 Å². The summed E-state index contributed by atoms with van der Waals surface area (Å²) in [6.07, 6.45) is 2.92. The first kappa shape index (κ1) is 8.75. The van der Waals surface area contributed by atoms with Gasteiger partial charge in [0.1, 0.15) is 0 Å². The molecule has 1 aliphatic rings. The Bertz CT molecular complexity index is 126. The minimum absolute atomic E-state index is 0.232. The third-order valence-electron chi connectivity index (χ3n) is 2.23. The van der Waals surface area contributed by atoms with Crippen molar-refractivity contribution in [3.63, 3.8) is 0 Å². The first-order chi connectivity index (χ1) is 5.34. The molecule has 0 amide bonds. The Balaban J connectivity index is 2.27. The van der Waals surface area contributed by atoms with Gasteiger partial charge in [0, 0.05) is 19.8 Å². The summed E-state index contributed by atoms with van der Waals surface area (Å²) in [6, 6.07) is 0. The highest BCUT2D eigenvalue weighted by molar-refractivity contribution is 5.01. The molecule has 1 heterocycles. The summed E-state index contributed by atoms with van der Waals surface area (Å²) in [5, 5.41) is 8.68. The molecule has 0 aromatic rings. The van der Waals surface area contributed by atoms with Crippen molar-refractivity contribution in [3.8, 4) is 0 Å². The van der Waals surface area contributed by atoms with E-state index in [1.807, 2.05) is 0 Å². The molecule has 2 heteroatoms. The predicted molar refractivity (Wildman–Crippen MR) is 44.4 cm³/mol. The summed E-state index contributed by atoms with van der Waals surface area (Å²) < 4.78 is 5.22. The van der Waals surface area contributed by atoms with Gasteiger partial charge in [-0.1, -0.05) is 12.2 Å². The average Bonchev–Trinajstić information content (AvgIpc) is 2.07. The van der Waals surface area contributed by atoms with Crippen LogP contribution in [-0.4, -0.2) is 24.9 Å². The van der Waals surface area contributed by atoms with Crippen molar-refractivity contribution in [3.05, 3.63) is 12.2 Å². The second-order valence-corrected chi connectivity index (χ2v) is 3.02. The summed E-state index contributed by atoms with van der Waals surface area (Å²) in [6.45, 7) is 5.90. The fraction of sp³-hybridized carbons (Fsp3) is 0.778. The Morgan fingerprint density at radius 1 is 1.45 bits per heavy atom. The SMILES string of the molecule is C=C(CCO)C1CCOCC1. The molecule has 0 atom stereocenters. The first-order valence-corrected chi connectivity index (χ1v) is 4.21. The Kier molecular flexibility index (Phi) is 3.60. The largest absolute Gasteiger partial charge is 0.396 e. The van der Waals surface area contributed by atoms with Gasteiger partial charge in [0.25, 0.3) is 0 Å². The van der Waals surface area contributed by atoms with Gasteiger partial charge in [-0.15, -0.1) is 0 Å². The summed E-state index contributed by atoms with van der Waals surface area (Å²) in [5.74, 6) is 0.593. The molecule has 2 nitrogen and oxygen atoms in total. The van der Waals surface area contributed by atoms with Gasteiger partial charge in [0.05, 0.1) is 0 Å². The van der Waals surface area contributed by atoms with Crippen LogP contribution in [0.2, 0.25) is 0 Å². The van der Waals surface area contributed by atoms with Crippen molar-refractivity contribution in [2.24, 2.45) is 5.92 Å². The van der Waals surface area contributed by atoms with Gasteiger partial charge in [-0.05, 0) is 25.2 Å². The first-order valence-electron chi connectivity index (χ1n) is 4.21. The van der Waals surface area contributed by atoms with Crippen molar-refractivity contribution in [2.45, 2.75) is 19.3 Å². The highest BCUT2D eigenvalue weighted by Crippen LogP contribution is 2.23. The van der Waals surface area contributed by atoms with E-state index in [-0.39, 0.29) is 6.61 Å². The molecule has 0 saturated carbocycles. The fourth-order valence-electron chi connectivity index (χ4n) is 1.45. The molecule has 0 spiro atoms. The third kappa shape index (κ3) is 2.64. The van der Waals surface area contributed by atoms with Crippen LogP contribution in [0.4, 0.5) is 0 Å². The monoisotopic (exact) mass is 156 g/mol. The summed E-state index contributed by atoms with van der Waals surface area (Å²) in [4.78, 5) is 0. The number of hydrogen-bond donors (Lipinski definition) is 1. The topological polar surface area (TPSA) is 29.5 Å². The standard InChI is InChI=1S/C9H16O2/c1-8(2-5-10)9-3-6-11-7-4-9/h9-10H,1-7H2. The summed E-state index contributed by atoms with van der Waals surface area (Å²) >= 11 is 0. The molecule has 1 aliphatic heterocycles. The maximum Gasteiger partial charge on any atom is 0.0471 e. The quantitative estimate of drug-likeness (QED) is 0.625. The Morgan fingerprint density at radius 3 is 2.64 bits per heavy atom. The molecule has 1 N–H and O–H groups in total. The average molecular weight is 156 g/mol. The lowest BCUT2D eigenvalue weighted by atomic mass is 9.91. The van der Waals surface area contributed by atoms with E-state index in [2.05, 4.69) is 6.58 Å². The van der Waals surface area contributed by atoms with Crippen LogP contribution in [0.5, 0.6) is 0 Å². The molecule has 0 bridgehead atoms. The molecule has 0 aliphatic carbocycles. The van der Waals surface area contributed by atoms with Crippen LogP contribution < -0.4 is 0 Å². The molecule has 0 radical (unpaired) electrons. The molecule has 1 saturated heterocycles. The van der Waals surface area contributed by atoms with E-state index in [1.165, 1.54) is 5.57 Å². The zero-order valence-corrected chi connectivity index (χ0v) is 6.88. The second-order valence-electron chi connectivity index (χ2n) is 3.02. The molecule has 11 heavy (non-hydrogen) atoms. The fourth-order valence-corrected chi connectivity index (χ4v) is 1.45. The molecule has 64 valence electrons. The van der Waals surface area contributed by atoms with Gasteiger partial charge >= 0.3 is 0 Å². The van der Waals surface area contributed by atoms with Crippen LogP contribution in [0.1, 0.15) is 19.3 Å². The van der Waals surface area contributed by atoms with E-state index >= 15 is 0 Å². The van der Waals surface area contributed by atoms with E-state index in [1.54, 1.807) is 0 Å². The van der Waals surface area contributed by atoms with Crippen molar-refractivity contribution in [1.82, 2.24) is 0 Å². The maximum atomic E-state index is 8.68. The molecule has 0 aromatic carbocycles. The lowest BCUT2D eigenvalue weighted by molar-refractivity contribution is 0.0743. The van der Waals surface area contributed by atoms with E-state index in [4.69, 9.17) is 9.84 Å². The zero-order chi connectivity index (χ0) is 8.10. The smallest absolute Gasteiger partial charge is 0.0471 e. The van der Waals surface area contributed by atoms with Gasteiger partial charge in [0.15, 0.2) is 0 Å². The van der Waals surface area contributed by atoms with E-state index < -0.39 is 0 Å². The van der Waals surface area contributed by atoms with Crippen LogP contribution in [0, 0.1) is 5.92 Å². The second kappa shape index (κ2) is 4.52. The minimum atomic E-state index is 0.232. The van der Waals surface area contributed by atoms with Crippen LogP contribution in [-0.2, 0) is 4.74 Å². The maximum absolute atomic E-state index is 8.68. The van der Waals surface area contributed by atoms with Crippen molar-refractivity contribution in [2.75, 3.05) is 19.8 Å². The molecular formula is C9H16O2. The minimum Gasteiger partial charge on any atom is -0.396 e. The Hall–Kier alpha value is -0.340. The van der Waals surface area contributed by atoms with Crippen molar-refractivity contribution < 1.29 is 9.84 Å². The highest BCUT2D eigenvalue weighted by Gasteiger charge is 2.15. The molecule has 1 fully saturated rings. The summed E-state index contributed by atoms with van der Waals surface area (Å²) in [5.41, 5.74) is 1.19. The van der Waals surface area contributed by atoms with Crippen LogP contribution in [0.25, 0.3) is 0 Å². The van der Waals surface area contributed by atoms with Crippen molar-refractivity contribution >= 4 is 0 Å². The number of ether oxygens (including phenoxy) is 1. The molecule has 0 unspecified atom stereocenters. The number of aliphatic hydroxyl groups excluding tert-OH is 1. The van der Waals surface area contributed by atoms with Crippen LogP contribution >= 0.6 is 0 Å². The third-order valence-corrected chi connectivity index (χ3v) is 2.23. The van der Waals surface area contributed by atoms with Gasteiger partial charge < -0.3 is 9.84 Å². The highest BCUT2D eigenvalue weighted by atomic mass is 16.5.